The summed E-state index contributed by atoms with van der Waals surface area (Å²) in [5, 5.41) is 3.16. The minimum absolute atomic E-state index is 0.0838. The number of carbonyl (C=O) groups excluding carboxylic acids is 1. The van der Waals surface area contributed by atoms with E-state index < -0.39 is 22.5 Å². The molecular weight excluding hydrogens is 496 g/mol. The van der Waals surface area contributed by atoms with Crippen LogP contribution in [-0.4, -0.2) is 34.0 Å². The van der Waals surface area contributed by atoms with Crippen LogP contribution < -0.4 is 14.4 Å². The maximum atomic E-state index is 13.6. The van der Waals surface area contributed by atoms with E-state index in [-0.39, 0.29) is 23.5 Å². The predicted octanol–water partition coefficient (Wildman–Crippen LogP) is 5.64. The summed E-state index contributed by atoms with van der Waals surface area (Å²) >= 11 is 6.18. The van der Waals surface area contributed by atoms with Gasteiger partial charge in [-0.2, -0.15) is 0 Å². The van der Waals surface area contributed by atoms with Gasteiger partial charge in [0.15, 0.2) is 0 Å². The molecule has 0 heterocycles. The molecule has 0 aliphatic carbocycles. The summed E-state index contributed by atoms with van der Waals surface area (Å²) in [6, 6.07) is 19.3. The van der Waals surface area contributed by atoms with E-state index in [4.69, 9.17) is 16.3 Å². The zero-order chi connectivity index (χ0) is 26.5. The average molecular weight is 529 g/mol. The number of hydrogen-bond donors (Lipinski definition) is 1. The van der Waals surface area contributed by atoms with E-state index in [1.54, 1.807) is 37.3 Å². The molecule has 0 aliphatic heterocycles. The van der Waals surface area contributed by atoms with Gasteiger partial charge < -0.3 is 10.1 Å². The number of sulfonamides is 1. The van der Waals surface area contributed by atoms with Crippen LogP contribution in [0.5, 0.6) is 5.75 Å². The van der Waals surface area contributed by atoms with Crippen LogP contribution in [0.1, 0.15) is 37.5 Å². The van der Waals surface area contributed by atoms with Gasteiger partial charge in [-0.1, -0.05) is 74.3 Å². The van der Waals surface area contributed by atoms with Crippen molar-refractivity contribution in [3.63, 3.8) is 0 Å². The molecule has 36 heavy (non-hydrogen) atoms. The van der Waals surface area contributed by atoms with Crippen LogP contribution >= 0.6 is 11.6 Å². The second-order valence-corrected chi connectivity index (χ2v) is 12.0. The smallest absolute Gasteiger partial charge is 0.264 e. The van der Waals surface area contributed by atoms with Crippen molar-refractivity contribution in [2.45, 2.75) is 44.9 Å². The second-order valence-electron chi connectivity index (χ2n) is 9.70. The van der Waals surface area contributed by atoms with Gasteiger partial charge in [-0.05, 0) is 60.7 Å². The summed E-state index contributed by atoms with van der Waals surface area (Å²) in [5.74, 6) is 0.315. The van der Waals surface area contributed by atoms with Gasteiger partial charge in [0.1, 0.15) is 18.9 Å². The van der Waals surface area contributed by atoms with Crippen molar-refractivity contribution in [3.05, 3.63) is 88.4 Å². The van der Waals surface area contributed by atoms with Gasteiger partial charge in [0, 0.05) is 5.02 Å². The van der Waals surface area contributed by atoms with Crippen LogP contribution in [-0.2, 0) is 20.2 Å². The molecule has 3 rings (SSSR count). The van der Waals surface area contributed by atoms with E-state index in [9.17, 15) is 13.2 Å². The van der Waals surface area contributed by atoms with Crippen LogP contribution in [0.3, 0.4) is 0 Å². The highest BCUT2D eigenvalue weighted by Gasteiger charge is 2.28. The molecule has 1 amide bonds. The highest BCUT2D eigenvalue weighted by atomic mass is 35.5. The number of nitrogens with zero attached hydrogens (tertiary/aromatic N) is 1. The lowest BCUT2D eigenvalue weighted by Crippen LogP contribution is -2.42. The van der Waals surface area contributed by atoms with Crippen molar-refractivity contribution in [1.82, 2.24) is 5.32 Å². The Labute approximate surface area is 219 Å². The molecule has 3 aromatic carbocycles. The number of anilines is 1. The summed E-state index contributed by atoms with van der Waals surface area (Å²) in [7, 11) is -4.02. The van der Waals surface area contributed by atoms with Crippen molar-refractivity contribution in [3.8, 4) is 5.75 Å². The molecule has 0 aromatic heterocycles. The molecule has 0 atom stereocenters. The number of carbonyl (C=O) groups is 1. The maximum Gasteiger partial charge on any atom is 0.264 e. The number of hydrogen-bond acceptors (Lipinski definition) is 4. The van der Waals surface area contributed by atoms with Gasteiger partial charge in [0.25, 0.3) is 10.0 Å². The minimum Gasteiger partial charge on any atom is -0.491 e. The van der Waals surface area contributed by atoms with Crippen molar-refractivity contribution in [2.75, 3.05) is 24.0 Å². The largest absolute Gasteiger partial charge is 0.491 e. The zero-order valence-electron chi connectivity index (χ0n) is 21.3. The second kappa shape index (κ2) is 11.4. The van der Waals surface area contributed by atoms with E-state index in [1.807, 2.05) is 31.2 Å². The van der Waals surface area contributed by atoms with Crippen LogP contribution in [0.25, 0.3) is 0 Å². The van der Waals surface area contributed by atoms with E-state index in [2.05, 4.69) is 26.1 Å². The highest BCUT2D eigenvalue weighted by Crippen LogP contribution is 2.31. The molecule has 6 nitrogen and oxygen atoms in total. The number of halogens is 1. The van der Waals surface area contributed by atoms with E-state index in [0.717, 1.165) is 21.2 Å². The van der Waals surface area contributed by atoms with Crippen molar-refractivity contribution in [2.24, 2.45) is 0 Å². The number of nitrogens with one attached hydrogen (secondary N) is 1. The van der Waals surface area contributed by atoms with Gasteiger partial charge in [-0.25, -0.2) is 8.42 Å². The fourth-order valence-electron chi connectivity index (χ4n) is 3.74. The van der Waals surface area contributed by atoms with Crippen LogP contribution in [0.15, 0.2) is 71.6 Å². The van der Waals surface area contributed by atoms with E-state index >= 15 is 0 Å². The quantitative estimate of drug-likeness (QED) is 0.364. The fraction of sp³-hybridized carbons (Fsp3) is 0.321. The molecule has 3 aromatic rings. The number of ether oxygens (including phenoxy) is 1. The third-order valence-electron chi connectivity index (χ3n) is 5.71. The standard InChI is InChI=1S/C28H33ClN2O4S/c1-20-10-14-23(15-11-20)36(33,34)31(25-18-22(29)13-12-21(25)2)19-27(32)30-16-17-35-26-9-7-6-8-24(26)28(3,4)5/h6-15,18H,16-17,19H2,1-5H3,(H,30,32). The Hall–Kier alpha value is -3.03. The highest BCUT2D eigenvalue weighted by molar-refractivity contribution is 7.92. The number of benzene rings is 3. The molecular formula is C28H33ClN2O4S. The van der Waals surface area contributed by atoms with Gasteiger partial charge >= 0.3 is 0 Å². The Morgan fingerprint density at radius 3 is 2.33 bits per heavy atom. The predicted molar refractivity (Wildman–Crippen MR) is 146 cm³/mol. The molecule has 0 spiro atoms. The lowest BCUT2D eigenvalue weighted by Gasteiger charge is -2.26. The number of rotatable bonds is 9. The molecule has 0 unspecified atom stereocenters. The molecule has 0 fully saturated rings. The molecule has 192 valence electrons. The first-order chi connectivity index (χ1) is 16.9. The van der Waals surface area contributed by atoms with E-state index in [0.29, 0.717) is 16.3 Å². The van der Waals surface area contributed by atoms with Gasteiger partial charge in [-0.3, -0.25) is 9.10 Å². The van der Waals surface area contributed by atoms with Crippen molar-refractivity contribution < 1.29 is 17.9 Å². The maximum absolute atomic E-state index is 13.6. The topological polar surface area (TPSA) is 75.7 Å². The SMILES string of the molecule is Cc1ccc(S(=O)(=O)N(CC(=O)NCCOc2ccccc2C(C)(C)C)c2cc(Cl)ccc2C)cc1. The van der Waals surface area contributed by atoms with Gasteiger partial charge in [-0.15, -0.1) is 0 Å². The van der Waals surface area contributed by atoms with Gasteiger partial charge in [0.05, 0.1) is 17.1 Å². The normalized spacial score (nSPS) is 11.7. The Balaban J connectivity index is 1.75. The lowest BCUT2D eigenvalue weighted by molar-refractivity contribution is -0.119. The first-order valence-corrected chi connectivity index (χ1v) is 13.6. The molecule has 0 saturated carbocycles. The third kappa shape index (κ3) is 6.80. The average Bonchev–Trinajstić information content (AvgIpc) is 2.82. The summed E-state index contributed by atoms with van der Waals surface area (Å²) in [4.78, 5) is 13.0. The van der Waals surface area contributed by atoms with Gasteiger partial charge in [0.2, 0.25) is 5.91 Å². The first-order valence-electron chi connectivity index (χ1n) is 11.7. The number of aryl methyl sites for hydroxylation is 2. The zero-order valence-corrected chi connectivity index (χ0v) is 22.9. The molecule has 0 saturated heterocycles. The van der Waals surface area contributed by atoms with Crippen LogP contribution in [0.2, 0.25) is 5.02 Å². The van der Waals surface area contributed by atoms with Crippen LogP contribution in [0.4, 0.5) is 5.69 Å². The summed E-state index contributed by atoms with van der Waals surface area (Å²) < 4.78 is 34.2. The van der Waals surface area contributed by atoms with E-state index in [1.165, 1.54) is 12.1 Å². The van der Waals surface area contributed by atoms with Crippen molar-refractivity contribution in [1.29, 1.82) is 0 Å². The summed E-state index contributed by atoms with van der Waals surface area (Å²) in [6.45, 7) is 10.1. The molecule has 0 aliphatic rings. The molecule has 1 N–H and O–H groups in total. The Kier molecular flexibility index (Phi) is 8.69. The Morgan fingerprint density at radius 1 is 1.00 bits per heavy atom. The van der Waals surface area contributed by atoms with Crippen molar-refractivity contribution >= 4 is 33.2 Å². The Morgan fingerprint density at radius 2 is 1.67 bits per heavy atom. The monoisotopic (exact) mass is 528 g/mol. The molecule has 0 radical (unpaired) electrons. The lowest BCUT2D eigenvalue weighted by atomic mass is 9.86. The summed E-state index contributed by atoms with van der Waals surface area (Å²) in [5.41, 5.74) is 2.96. The number of para-hydroxylation sites is 1. The Bertz CT molecular complexity index is 1320. The third-order valence-corrected chi connectivity index (χ3v) is 7.72. The fourth-order valence-corrected chi connectivity index (χ4v) is 5.38. The molecule has 0 bridgehead atoms. The van der Waals surface area contributed by atoms with Crippen LogP contribution in [0, 0.1) is 13.8 Å². The summed E-state index contributed by atoms with van der Waals surface area (Å²) in [6.07, 6.45) is 0. The minimum atomic E-state index is -4.02. The molecule has 8 heteroatoms. The number of amides is 1. The first kappa shape index (κ1) is 27.6.